The Morgan fingerprint density at radius 3 is 2.00 bits per heavy atom. The highest BCUT2D eigenvalue weighted by atomic mass is 16.6. The van der Waals surface area contributed by atoms with E-state index in [1.807, 2.05) is 0 Å². The van der Waals surface area contributed by atoms with E-state index < -0.39 is 23.2 Å². The van der Waals surface area contributed by atoms with Gasteiger partial charge in [-0.3, -0.25) is 4.90 Å². The zero-order chi connectivity index (χ0) is 13.4. The van der Waals surface area contributed by atoms with Gasteiger partial charge in [0.1, 0.15) is 11.1 Å². The Morgan fingerprint density at radius 1 is 1.29 bits per heavy atom. The molecule has 0 aliphatic heterocycles. The Bertz CT molecular complexity index is 326. The number of hydrogen-bond acceptors (Lipinski definition) is 3. The first kappa shape index (κ1) is 13.8. The van der Waals surface area contributed by atoms with Gasteiger partial charge in [0.25, 0.3) is 0 Å². The summed E-state index contributed by atoms with van der Waals surface area (Å²) >= 11 is 0. The van der Waals surface area contributed by atoms with Crippen LogP contribution in [0.3, 0.4) is 0 Å². The van der Waals surface area contributed by atoms with Gasteiger partial charge in [0, 0.05) is 6.04 Å². The highest BCUT2D eigenvalue weighted by molar-refractivity contribution is 5.87. The van der Waals surface area contributed by atoms with E-state index in [4.69, 9.17) is 4.74 Å². The topological polar surface area (TPSA) is 66.8 Å². The molecule has 1 aliphatic rings. The van der Waals surface area contributed by atoms with Crippen LogP contribution in [0, 0.1) is 0 Å². The van der Waals surface area contributed by atoms with E-state index in [1.165, 1.54) is 4.90 Å². The molecule has 17 heavy (non-hydrogen) atoms. The second-order valence-electron chi connectivity index (χ2n) is 5.78. The molecule has 1 N–H and O–H groups in total. The van der Waals surface area contributed by atoms with Crippen molar-refractivity contribution in [2.24, 2.45) is 0 Å². The van der Waals surface area contributed by atoms with Gasteiger partial charge in [0.05, 0.1) is 0 Å². The van der Waals surface area contributed by atoms with Crippen molar-refractivity contribution in [1.29, 1.82) is 0 Å². The van der Waals surface area contributed by atoms with Crippen molar-refractivity contribution in [3.63, 3.8) is 0 Å². The molecule has 1 amide bonds. The van der Waals surface area contributed by atoms with Gasteiger partial charge in [0.15, 0.2) is 0 Å². The van der Waals surface area contributed by atoms with Crippen molar-refractivity contribution in [3.8, 4) is 0 Å². The number of ether oxygens (including phenoxy) is 1. The molecule has 98 valence electrons. The number of amides is 1. The molecule has 0 atom stereocenters. The highest BCUT2D eigenvalue weighted by Gasteiger charge is 2.58. The zero-order valence-electron chi connectivity index (χ0n) is 11.1. The predicted octanol–water partition coefficient (Wildman–Crippen LogP) is 2.25. The Kier molecular flexibility index (Phi) is 3.41. The van der Waals surface area contributed by atoms with Gasteiger partial charge < -0.3 is 9.84 Å². The first-order valence-electron chi connectivity index (χ1n) is 5.86. The van der Waals surface area contributed by atoms with Crippen molar-refractivity contribution in [2.45, 2.75) is 64.6 Å². The first-order valence-corrected chi connectivity index (χ1v) is 5.86. The van der Waals surface area contributed by atoms with E-state index in [9.17, 15) is 14.7 Å². The summed E-state index contributed by atoms with van der Waals surface area (Å²) in [4.78, 5) is 24.6. The van der Waals surface area contributed by atoms with Crippen LogP contribution in [-0.4, -0.2) is 39.3 Å². The molecule has 0 heterocycles. The molecule has 1 fully saturated rings. The predicted molar refractivity (Wildman–Crippen MR) is 62.8 cm³/mol. The van der Waals surface area contributed by atoms with Crippen LogP contribution >= 0.6 is 0 Å². The fourth-order valence-corrected chi connectivity index (χ4v) is 1.87. The molecular weight excluding hydrogens is 222 g/mol. The summed E-state index contributed by atoms with van der Waals surface area (Å²) in [5, 5.41) is 9.22. The summed E-state index contributed by atoms with van der Waals surface area (Å²) in [6, 6.07) is -0.191. The minimum Gasteiger partial charge on any atom is -0.479 e. The number of hydrogen-bond donors (Lipinski definition) is 1. The summed E-state index contributed by atoms with van der Waals surface area (Å²) in [6.07, 6.45) is 0.451. The highest BCUT2D eigenvalue weighted by Crippen LogP contribution is 2.43. The first-order chi connectivity index (χ1) is 7.60. The molecule has 0 bridgehead atoms. The van der Waals surface area contributed by atoms with Gasteiger partial charge >= 0.3 is 12.1 Å². The SMILES string of the molecule is CC(C)N(C(=O)OC(C)(C)C)C1(C(=O)O)CC1. The van der Waals surface area contributed by atoms with Crippen LogP contribution in [0.1, 0.15) is 47.5 Å². The van der Waals surface area contributed by atoms with E-state index in [2.05, 4.69) is 0 Å². The minimum atomic E-state index is -1.05. The van der Waals surface area contributed by atoms with Crippen LogP contribution in [0.2, 0.25) is 0 Å². The molecule has 1 rings (SSSR count). The second-order valence-corrected chi connectivity index (χ2v) is 5.78. The van der Waals surface area contributed by atoms with Crippen LogP contribution in [0.4, 0.5) is 4.79 Å². The number of aliphatic carboxylic acids is 1. The Hall–Kier alpha value is -1.26. The third-order valence-electron chi connectivity index (χ3n) is 2.69. The number of carbonyl (C=O) groups excluding carboxylic acids is 1. The minimum absolute atomic E-state index is 0.191. The van der Waals surface area contributed by atoms with Crippen molar-refractivity contribution in [2.75, 3.05) is 0 Å². The standard InChI is InChI=1S/C12H21NO4/c1-8(2)13(10(16)17-11(3,4)5)12(6-7-12)9(14)15/h8H,6-7H2,1-5H3,(H,14,15). The fraction of sp³-hybridized carbons (Fsp3) is 0.833. The van der Waals surface area contributed by atoms with Crippen LogP contribution in [0.5, 0.6) is 0 Å². The second kappa shape index (κ2) is 4.20. The van der Waals surface area contributed by atoms with Gasteiger partial charge in [-0.05, 0) is 47.5 Å². The molecule has 0 radical (unpaired) electrons. The van der Waals surface area contributed by atoms with Crippen LogP contribution < -0.4 is 0 Å². The Morgan fingerprint density at radius 2 is 1.76 bits per heavy atom. The summed E-state index contributed by atoms with van der Waals surface area (Å²) in [5.74, 6) is -0.947. The Labute approximate surface area is 102 Å². The molecule has 5 heteroatoms. The molecule has 0 saturated heterocycles. The van der Waals surface area contributed by atoms with Crippen LogP contribution in [0.15, 0.2) is 0 Å². The van der Waals surface area contributed by atoms with E-state index >= 15 is 0 Å². The lowest BCUT2D eigenvalue weighted by molar-refractivity contribution is -0.145. The van der Waals surface area contributed by atoms with Crippen molar-refractivity contribution < 1.29 is 19.4 Å². The summed E-state index contributed by atoms with van der Waals surface area (Å²) in [6.45, 7) is 8.90. The third kappa shape index (κ3) is 2.90. The normalized spacial score (nSPS) is 17.8. The monoisotopic (exact) mass is 243 g/mol. The summed E-state index contributed by atoms with van der Waals surface area (Å²) < 4.78 is 5.26. The van der Waals surface area contributed by atoms with E-state index in [0.717, 1.165) is 0 Å². The smallest absolute Gasteiger partial charge is 0.411 e. The summed E-state index contributed by atoms with van der Waals surface area (Å²) in [7, 11) is 0. The van der Waals surface area contributed by atoms with Crippen molar-refractivity contribution in [1.82, 2.24) is 4.90 Å². The third-order valence-corrected chi connectivity index (χ3v) is 2.69. The lowest BCUT2D eigenvalue weighted by atomic mass is 10.1. The maximum absolute atomic E-state index is 12.0. The number of carboxylic acids is 1. The fourth-order valence-electron chi connectivity index (χ4n) is 1.87. The van der Waals surface area contributed by atoms with Crippen LogP contribution in [0.25, 0.3) is 0 Å². The van der Waals surface area contributed by atoms with Crippen LogP contribution in [-0.2, 0) is 9.53 Å². The summed E-state index contributed by atoms with van der Waals surface area (Å²) in [5.41, 5.74) is -1.66. The molecule has 5 nitrogen and oxygen atoms in total. The molecule has 0 aromatic carbocycles. The average molecular weight is 243 g/mol. The number of carboxylic acid groups (broad SMARTS) is 1. The molecule has 1 saturated carbocycles. The van der Waals surface area contributed by atoms with Gasteiger partial charge in [0.2, 0.25) is 0 Å². The average Bonchev–Trinajstić information content (AvgIpc) is 2.80. The van der Waals surface area contributed by atoms with E-state index in [-0.39, 0.29) is 6.04 Å². The number of nitrogens with zero attached hydrogens (tertiary/aromatic N) is 1. The number of rotatable bonds is 3. The lowest BCUT2D eigenvalue weighted by Crippen LogP contribution is -2.52. The molecule has 0 aromatic rings. The van der Waals surface area contributed by atoms with Crippen molar-refractivity contribution >= 4 is 12.1 Å². The van der Waals surface area contributed by atoms with Gasteiger partial charge in [-0.1, -0.05) is 0 Å². The molecule has 0 unspecified atom stereocenters. The molecule has 1 aliphatic carbocycles. The largest absolute Gasteiger partial charge is 0.479 e. The maximum Gasteiger partial charge on any atom is 0.411 e. The Balaban J connectivity index is 2.88. The van der Waals surface area contributed by atoms with E-state index in [1.54, 1.807) is 34.6 Å². The van der Waals surface area contributed by atoms with Gasteiger partial charge in [-0.15, -0.1) is 0 Å². The number of carbonyl (C=O) groups is 2. The van der Waals surface area contributed by atoms with E-state index in [0.29, 0.717) is 12.8 Å². The maximum atomic E-state index is 12.0. The molecule has 0 aromatic heterocycles. The van der Waals surface area contributed by atoms with Crippen molar-refractivity contribution in [3.05, 3.63) is 0 Å². The quantitative estimate of drug-likeness (QED) is 0.825. The zero-order valence-corrected chi connectivity index (χ0v) is 11.1. The molecule has 0 spiro atoms. The lowest BCUT2D eigenvalue weighted by Gasteiger charge is -2.34. The van der Waals surface area contributed by atoms with Gasteiger partial charge in [-0.25, -0.2) is 9.59 Å². The van der Waals surface area contributed by atoms with Gasteiger partial charge in [-0.2, -0.15) is 0 Å². The molecular formula is C12H21NO4.